The third kappa shape index (κ3) is 1.78. The van der Waals surface area contributed by atoms with Gasteiger partial charge in [-0.05, 0) is 37.5 Å². The summed E-state index contributed by atoms with van der Waals surface area (Å²) in [6, 6.07) is 5.82. The third-order valence-electron chi connectivity index (χ3n) is 3.80. The van der Waals surface area contributed by atoms with Crippen molar-refractivity contribution < 1.29 is 9.59 Å². The Balaban J connectivity index is 1.87. The molecule has 0 bridgehead atoms. The van der Waals surface area contributed by atoms with E-state index in [-0.39, 0.29) is 11.8 Å². The van der Waals surface area contributed by atoms with Crippen molar-refractivity contribution in [2.24, 2.45) is 0 Å². The van der Waals surface area contributed by atoms with E-state index in [0.29, 0.717) is 18.0 Å². The molecule has 3 rings (SSSR count). The van der Waals surface area contributed by atoms with Gasteiger partial charge in [0.2, 0.25) is 5.91 Å². The molecule has 1 atom stereocenters. The number of rotatable bonds is 1. The van der Waals surface area contributed by atoms with E-state index in [1.54, 1.807) is 6.07 Å². The molecule has 1 fully saturated rings. The number of likely N-dealkylation sites (tertiary alicyclic amines) is 1. The Bertz CT molecular complexity index is 525. The zero-order valence-electron chi connectivity index (χ0n) is 10.4. The monoisotopic (exact) mass is 244 g/mol. The van der Waals surface area contributed by atoms with Gasteiger partial charge in [-0.3, -0.25) is 9.59 Å². The molecule has 4 nitrogen and oxygen atoms in total. The highest BCUT2D eigenvalue weighted by Crippen LogP contribution is 2.26. The van der Waals surface area contributed by atoms with Gasteiger partial charge in [-0.15, -0.1) is 0 Å². The highest BCUT2D eigenvalue weighted by atomic mass is 16.2. The van der Waals surface area contributed by atoms with E-state index in [2.05, 4.69) is 12.2 Å². The van der Waals surface area contributed by atoms with Crippen LogP contribution in [0.4, 0.5) is 5.69 Å². The van der Waals surface area contributed by atoms with Gasteiger partial charge in [0.15, 0.2) is 0 Å². The van der Waals surface area contributed by atoms with Crippen LogP contribution in [0.25, 0.3) is 0 Å². The van der Waals surface area contributed by atoms with E-state index in [1.165, 1.54) is 0 Å². The van der Waals surface area contributed by atoms with Gasteiger partial charge in [-0.1, -0.05) is 6.07 Å². The molecule has 94 valence electrons. The van der Waals surface area contributed by atoms with E-state index in [0.717, 1.165) is 30.6 Å². The first-order valence-electron chi connectivity index (χ1n) is 6.39. The molecule has 0 radical (unpaired) electrons. The number of hydrogen-bond acceptors (Lipinski definition) is 2. The van der Waals surface area contributed by atoms with E-state index >= 15 is 0 Å². The zero-order valence-corrected chi connectivity index (χ0v) is 10.4. The second-order valence-electron chi connectivity index (χ2n) is 5.09. The maximum absolute atomic E-state index is 12.4. The molecule has 4 heteroatoms. The van der Waals surface area contributed by atoms with Crippen molar-refractivity contribution in [2.45, 2.75) is 32.2 Å². The quantitative estimate of drug-likeness (QED) is 0.819. The lowest BCUT2D eigenvalue weighted by atomic mass is 10.1. The summed E-state index contributed by atoms with van der Waals surface area (Å²) < 4.78 is 0. The fraction of sp³-hybridized carbons (Fsp3) is 0.429. The van der Waals surface area contributed by atoms with Gasteiger partial charge in [0.05, 0.1) is 6.42 Å². The van der Waals surface area contributed by atoms with Crippen molar-refractivity contribution in [3.05, 3.63) is 29.3 Å². The number of carbonyl (C=O) groups excluding carboxylic acids is 2. The molecule has 1 unspecified atom stereocenters. The first kappa shape index (κ1) is 11.3. The molecule has 0 saturated carbocycles. The average Bonchev–Trinajstić information content (AvgIpc) is 2.91. The fourth-order valence-corrected chi connectivity index (χ4v) is 2.75. The summed E-state index contributed by atoms with van der Waals surface area (Å²) in [5.74, 6) is 0.0769. The van der Waals surface area contributed by atoms with Gasteiger partial charge in [0, 0.05) is 23.8 Å². The van der Waals surface area contributed by atoms with E-state index in [4.69, 9.17) is 0 Å². The molecule has 2 aliphatic heterocycles. The number of amides is 2. The van der Waals surface area contributed by atoms with Crippen LogP contribution in [0.3, 0.4) is 0 Å². The smallest absolute Gasteiger partial charge is 0.254 e. The van der Waals surface area contributed by atoms with Crippen molar-refractivity contribution in [2.75, 3.05) is 11.9 Å². The Morgan fingerprint density at radius 2 is 2.28 bits per heavy atom. The van der Waals surface area contributed by atoms with Crippen molar-refractivity contribution >= 4 is 17.5 Å². The first-order valence-corrected chi connectivity index (χ1v) is 6.39. The van der Waals surface area contributed by atoms with E-state index < -0.39 is 0 Å². The zero-order chi connectivity index (χ0) is 12.7. The van der Waals surface area contributed by atoms with Crippen molar-refractivity contribution in [3.8, 4) is 0 Å². The molecule has 1 N–H and O–H groups in total. The Morgan fingerprint density at radius 3 is 3.00 bits per heavy atom. The SMILES string of the molecule is CC1CCCN1C(=O)c1ccc2c(c1)NC(=O)C2. The van der Waals surface area contributed by atoms with Crippen molar-refractivity contribution in [3.63, 3.8) is 0 Å². The minimum Gasteiger partial charge on any atom is -0.336 e. The molecule has 2 aliphatic rings. The van der Waals surface area contributed by atoms with E-state index in [9.17, 15) is 9.59 Å². The Morgan fingerprint density at radius 1 is 1.44 bits per heavy atom. The van der Waals surface area contributed by atoms with Crippen molar-refractivity contribution in [1.82, 2.24) is 4.90 Å². The molecular weight excluding hydrogens is 228 g/mol. The maximum Gasteiger partial charge on any atom is 0.254 e. The van der Waals surface area contributed by atoms with E-state index in [1.807, 2.05) is 17.0 Å². The molecule has 0 spiro atoms. The molecule has 1 aromatic rings. The van der Waals surface area contributed by atoms with Crippen LogP contribution in [0.2, 0.25) is 0 Å². The minimum atomic E-state index is 0.00383. The molecular formula is C14H16N2O2. The number of hydrogen-bond donors (Lipinski definition) is 1. The lowest BCUT2D eigenvalue weighted by molar-refractivity contribution is -0.115. The molecule has 2 heterocycles. The van der Waals surface area contributed by atoms with Crippen LogP contribution < -0.4 is 5.32 Å². The summed E-state index contributed by atoms with van der Waals surface area (Å²) in [5.41, 5.74) is 2.44. The lowest BCUT2D eigenvalue weighted by Gasteiger charge is -2.21. The normalized spacial score (nSPS) is 21.9. The van der Waals surface area contributed by atoms with Crippen LogP contribution in [-0.4, -0.2) is 29.3 Å². The predicted molar refractivity (Wildman–Crippen MR) is 68.5 cm³/mol. The third-order valence-corrected chi connectivity index (χ3v) is 3.80. The van der Waals surface area contributed by atoms with Gasteiger partial charge in [-0.25, -0.2) is 0 Å². The Hall–Kier alpha value is -1.84. The van der Waals surface area contributed by atoms with Crippen LogP contribution in [0.1, 0.15) is 35.7 Å². The number of benzene rings is 1. The second kappa shape index (κ2) is 4.12. The highest BCUT2D eigenvalue weighted by molar-refractivity contribution is 6.02. The van der Waals surface area contributed by atoms with Crippen LogP contribution in [0.5, 0.6) is 0 Å². The Labute approximate surface area is 106 Å². The molecule has 18 heavy (non-hydrogen) atoms. The largest absolute Gasteiger partial charge is 0.336 e. The minimum absolute atomic E-state index is 0.00383. The average molecular weight is 244 g/mol. The van der Waals surface area contributed by atoms with Crippen molar-refractivity contribution in [1.29, 1.82) is 0 Å². The fourth-order valence-electron chi connectivity index (χ4n) is 2.75. The van der Waals surface area contributed by atoms with Crippen LogP contribution in [-0.2, 0) is 11.2 Å². The summed E-state index contributed by atoms with van der Waals surface area (Å²) in [6.45, 7) is 2.92. The summed E-state index contributed by atoms with van der Waals surface area (Å²) in [6.07, 6.45) is 2.58. The number of anilines is 1. The van der Waals surface area contributed by atoms with Gasteiger partial charge >= 0.3 is 0 Å². The summed E-state index contributed by atoms with van der Waals surface area (Å²) in [5, 5.41) is 2.78. The second-order valence-corrected chi connectivity index (χ2v) is 5.09. The summed E-state index contributed by atoms with van der Waals surface area (Å²) in [7, 11) is 0. The van der Waals surface area contributed by atoms with Crippen LogP contribution in [0, 0.1) is 0 Å². The van der Waals surface area contributed by atoms with Gasteiger partial charge in [0.25, 0.3) is 5.91 Å². The number of nitrogens with one attached hydrogen (secondary N) is 1. The van der Waals surface area contributed by atoms with Gasteiger partial charge < -0.3 is 10.2 Å². The standard InChI is InChI=1S/C14H16N2O2/c1-9-3-2-6-16(9)14(18)11-5-4-10-8-13(17)15-12(10)7-11/h4-5,7,9H,2-3,6,8H2,1H3,(H,15,17). The maximum atomic E-state index is 12.4. The van der Waals surface area contributed by atoms with Gasteiger partial charge in [0.1, 0.15) is 0 Å². The molecule has 1 saturated heterocycles. The van der Waals surface area contributed by atoms with Gasteiger partial charge in [-0.2, -0.15) is 0 Å². The predicted octanol–water partition coefficient (Wildman–Crippen LogP) is 1.81. The lowest BCUT2D eigenvalue weighted by Crippen LogP contribution is -2.33. The van der Waals surface area contributed by atoms with Crippen LogP contribution >= 0.6 is 0 Å². The van der Waals surface area contributed by atoms with Crippen LogP contribution in [0.15, 0.2) is 18.2 Å². The summed E-state index contributed by atoms with van der Waals surface area (Å²) in [4.78, 5) is 25.6. The molecule has 0 aliphatic carbocycles. The number of nitrogens with zero attached hydrogens (tertiary/aromatic N) is 1. The Kier molecular flexibility index (Phi) is 2.58. The molecule has 2 amide bonds. The summed E-state index contributed by atoms with van der Waals surface area (Å²) >= 11 is 0. The first-order chi connectivity index (χ1) is 8.65. The molecule has 0 aromatic heterocycles. The number of fused-ring (bicyclic) bond motifs is 1. The molecule has 1 aromatic carbocycles. The highest BCUT2D eigenvalue weighted by Gasteiger charge is 2.27. The topological polar surface area (TPSA) is 49.4 Å². The number of carbonyl (C=O) groups is 2.